The molecule has 0 bridgehead atoms. The second-order valence-corrected chi connectivity index (χ2v) is 5.52. The fraction of sp³-hybridized carbons (Fsp3) is 0.222. The van der Waals surface area contributed by atoms with Crippen LogP contribution >= 0.6 is 0 Å². The number of aromatic amines is 1. The standard InChI is InChI=1S/C18H19N3O4/c1-10(22)17-20-12-8-7-11(9-13(12)21-17)19-18(23)16-14(24-2)5-4-6-15(16)25-3/h4-10,22H,1-3H3,(H,19,23)(H,20,21). The highest BCUT2D eigenvalue weighted by atomic mass is 16.5. The van der Waals surface area contributed by atoms with Crippen LogP contribution < -0.4 is 14.8 Å². The number of nitrogens with one attached hydrogen (secondary N) is 2. The number of carbonyl (C=O) groups is 1. The van der Waals surface area contributed by atoms with Gasteiger partial charge in [-0.1, -0.05) is 6.07 Å². The molecule has 2 aromatic carbocycles. The van der Waals surface area contributed by atoms with Gasteiger partial charge in [-0.15, -0.1) is 0 Å². The predicted octanol–water partition coefficient (Wildman–Crippen LogP) is 2.89. The van der Waals surface area contributed by atoms with Gasteiger partial charge in [-0.3, -0.25) is 4.79 Å². The third-order valence-electron chi connectivity index (χ3n) is 3.81. The van der Waals surface area contributed by atoms with Gasteiger partial charge < -0.3 is 24.9 Å². The van der Waals surface area contributed by atoms with Gasteiger partial charge in [0.2, 0.25) is 0 Å². The summed E-state index contributed by atoms with van der Waals surface area (Å²) in [5.74, 6) is 0.987. The van der Waals surface area contributed by atoms with Crippen LogP contribution in [-0.4, -0.2) is 35.2 Å². The molecule has 3 N–H and O–H groups in total. The van der Waals surface area contributed by atoms with Crippen molar-refractivity contribution in [1.29, 1.82) is 0 Å². The molecule has 0 aliphatic heterocycles. The largest absolute Gasteiger partial charge is 0.496 e. The first kappa shape index (κ1) is 16.8. The molecule has 3 aromatic rings. The van der Waals surface area contributed by atoms with Gasteiger partial charge in [-0.05, 0) is 37.3 Å². The monoisotopic (exact) mass is 341 g/mol. The number of methoxy groups -OCH3 is 2. The van der Waals surface area contributed by atoms with Crippen molar-refractivity contribution in [2.75, 3.05) is 19.5 Å². The molecule has 1 unspecified atom stereocenters. The lowest BCUT2D eigenvalue weighted by Crippen LogP contribution is -2.14. The van der Waals surface area contributed by atoms with Crippen molar-refractivity contribution in [1.82, 2.24) is 9.97 Å². The van der Waals surface area contributed by atoms with E-state index in [0.29, 0.717) is 34.1 Å². The summed E-state index contributed by atoms with van der Waals surface area (Å²) in [5, 5.41) is 12.4. The van der Waals surface area contributed by atoms with Crippen LogP contribution in [0.15, 0.2) is 36.4 Å². The molecule has 0 aliphatic rings. The molecule has 25 heavy (non-hydrogen) atoms. The second-order valence-electron chi connectivity index (χ2n) is 5.52. The van der Waals surface area contributed by atoms with E-state index in [1.54, 1.807) is 43.3 Å². The molecule has 7 heteroatoms. The number of H-pyrrole nitrogens is 1. The average molecular weight is 341 g/mol. The minimum absolute atomic E-state index is 0.321. The van der Waals surface area contributed by atoms with E-state index >= 15 is 0 Å². The van der Waals surface area contributed by atoms with Crippen molar-refractivity contribution in [3.8, 4) is 11.5 Å². The van der Waals surface area contributed by atoms with Crippen molar-refractivity contribution in [2.45, 2.75) is 13.0 Å². The Morgan fingerprint density at radius 1 is 1.20 bits per heavy atom. The van der Waals surface area contributed by atoms with Crippen molar-refractivity contribution < 1.29 is 19.4 Å². The van der Waals surface area contributed by atoms with Gasteiger partial charge in [0.05, 0.1) is 25.3 Å². The Kier molecular flexibility index (Phi) is 4.58. The maximum absolute atomic E-state index is 12.7. The third-order valence-corrected chi connectivity index (χ3v) is 3.81. The van der Waals surface area contributed by atoms with Crippen molar-refractivity contribution in [3.05, 3.63) is 47.8 Å². The van der Waals surface area contributed by atoms with Crippen LogP contribution in [0.4, 0.5) is 5.69 Å². The Labute approximate surface area is 144 Å². The van der Waals surface area contributed by atoms with Crippen molar-refractivity contribution >= 4 is 22.6 Å². The molecule has 0 spiro atoms. The number of imidazole rings is 1. The van der Waals surface area contributed by atoms with Gasteiger partial charge >= 0.3 is 0 Å². The van der Waals surface area contributed by atoms with Crippen LogP contribution in [-0.2, 0) is 0 Å². The lowest BCUT2D eigenvalue weighted by atomic mass is 10.1. The van der Waals surface area contributed by atoms with E-state index in [4.69, 9.17) is 9.47 Å². The van der Waals surface area contributed by atoms with Crippen molar-refractivity contribution in [2.24, 2.45) is 0 Å². The number of hydrogen-bond acceptors (Lipinski definition) is 5. The first-order chi connectivity index (χ1) is 12.0. The fourth-order valence-electron chi connectivity index (χ4n) is 2.57. The molecule has 0 aliphatic carbocycles. The number of aliphatic hydroxyl groups is 1. The number of hydrogen-bond donors (Lipinski definition) is 3. The number of aliphatic hydroxyl groups excluding tert-OH is 1. The van der Waals surface area contributed by atoms with Crippen LogP contribution in [0.3, 0.4) is 0 Å². The molecular formula is C18H19N3O4. The van der Waals surface area contributed by atoms with Gasteiger partial charge in [-0.25, -0.2) is 4.98 Å². The van der Waals surface area contributed by atoms with E-state index in [-0.39, 0.29) is 5.91 Å². The van der Waals surface area contributed by atoms with Crippen LogP contribution in [0.5, 0.6) is 11.5 Å². The number of rotatable bonds is 5. The summed E-state index contributed by atoms with van der Waals surface area (Å²) in [5.41, 5.74) is 2.34. The SMILES string of the molecule is COc1cccc(OC)c1C(=O)Nc1ccc2nc(C(C)O)[nH]c2c1. The van der Waals surface area contributed by atoms with Crippen molar-refractivity contribution in [3.63, 3.8) is 0 Å². The zero-order valence-electron chi connectivity index (χ0n) is 14.2. The zero-order chi connectivity index (χ0) is 18.0. The van der Waals surface area contributed by atoms with Gasteiger partial charge in [-0.2, -0.15) is 0 Å². The van der Waals surface area contributed by atoms with Gasteiger partial charge in [0.15, 0.2) is 0 Å². The number of fused-ring (bicyclic) bond motifs is 1. The molecule has 0 radical (unpaired) electrons. The van der Waals surface area contributed by atoms with E-state index in [1.165, 1.54) is 14.2 Å². The summed E-state index contributed by atoms with van der Waals surface area (Å²) in [6.45, 7) is 1.63. The Morgan fingerprint density at radius 3 is 2.48 bits per heavy atom. The number of ether oxygens (including phenoxy) is 2. The summed E-state index contributed by atoms with van der Waals surface area (Å²) in [4.78, 5) is 20.0. The lowest BCUT2D eigenvalue weighted by Gasteiger charge is -2.13. The molecule has 0 saturated heterocycles. The number of benzene rings is 2. The minimum Gasteiger partial charge on any atom is -0.496 e. The van der Waals surface area contributed by atoms with Crippen LogP contribution in [0, 0.1) is 0 Å². The molecule has 130 valence electrons. The molecule has 0 fully saturated rings. The molecule has 1 heterocycles. The highest BCUT2D eigenvalue weighted by molar-refractivity contribution is 6.08. The fourth-order valence-corrected chi connectivity index (χ4v) is 2.57. The topological polar surface area (TPSA) is 96.5 Å². The van der Waals surface area contributed by atoms with Crippen LogP contribution in [0.2, 0.25) is 0 Å². The Morgan fingerprint density at radius 2 is 1.88 bits per heavy atom. The Bertz CT molecular complexity index is 896. The molecule has 1 aromatic heterocycles. The number of nitrogens with zero attached hydrogens (tertiary/aromatic N) is 1. The van der Waals surface area contributed by atoms with Gasteiger partial charge in [0.1, 0.15) is 29.0 Å². The summed E-state index contributed by atoms with van der Waals surface area (Å²) >= 11 is 0. The third kappa shape index (κ3) is 3.27. The van der Waals surface area contributed by atoms with E-state index in [1.807, 2.05) is 0 Å². The second kappa shape index (κ2) is 6.82. The summed E-state index contributed by atoms with van der Waals surface area (Å²) in [6, 6.07) is 10.4. The minimum atomic E-state index is -0.691. The predicted molar refractivity (Wildman–Crippen MR) is 94.2 cm³/mol. The Balaban J connectivity index is 1.92. The molecule has 1 atom stereocenters. The smallest absolute Gasteiger partial charge is 0.263 e. The van der Waals surface area contributed by atoms with E-state index in [9.17, 15) is 9.90 Å². The first-order valence-electron chi connectivity index (χ1n) is 7.73. The molecule has 3 rings (SSSR count). The summed E-state index contributed by atoms with van der Waals surface area (Å²) in [7, 11) is 3.00. The Hall–Kier alpha value is -3.06. The molecular weight excluding hydrogens is 322 g/mol. The first-order valence-corrected chi connectivity index (χ1v) is 7.73. The van der Waals surface area contributed by atoms with Crippen LogP contribution in [0.25, 0.3) is 11.0 Å². The average Bonchev–Trinajstić information content (AvgIpc) is 3.04. The maximum Gasteiger partial charge on any atom is 0.263 e. The zero-order valence-corrected chi connectivity index (χ0v) is 14.2. The quantitative estimate of drug-likeness (QED) is 0.663. The normalized spacial score (nSPS) is 12.0. The molecule has 7 nitrogen and oxygen atoms in total. The number of amides is 1. The highest BCUT2D eigenvalue weighted by Crippen LogP contribution is 2.29. The summed E-state index contributed by atoms with van der Waals surface area (Å²) in [6.07, 6.45) is -0.691. The maximum atomic E-state index is 12.7. The lowest BCUT2D eigenvalue weighted by molar-refractivity contribution is 0.102. The van der Waals surface area contributed by atoms with E-state index < -0.39 is 6.10 Å². The number of anilines is 1. The number of aromatic nitrogens is 2. The molecule has 0 saturated carbocycles. The van der Waals surface area contributed by atoms with E-state index in [2.05, 4.69) is 15.3 Å². The van der Waals surface area contributed by atoms with Crippen LogP contribution in [0.1, 0.15) is 29.2 Å². The molecule has 1 amide bonds. The van der Waals surface area contributed by atoms with Gasteiger partial charge in [0.25, 0.3) is 5.91 Å². The van der Waals surface area contributed by atoms with Gasteiger partial charge in [0, 0.05) is 5.69 Å². The van der Waals surface area contributed by atoms with E-state index in [0.717, 1.165) is 5.52 Å². The highest BCUT2D eigenvalue weighted by Gasteiger charge is 2.18. The summed E-state index contributed by atoms with van der Waals surface area (Å²) < 4.78 is 10.5. The number of carbonyl (C=O) groups excluding carboxylic acids is 1.